The number of benzene rings is 2. The number of aryl methyl sites for hydroxylation is 1. The van der Waals surface area contributed by atoms with Crippen LogP contribution in [0.3, 0.4) is 0 Å². The lowest BCUT2D eigenvalue weighted by molar-refractivity contribution is 0.302. The van der Waals surface area contributed by atoms with E-state index in [2.05, 4.69) is 31.2 Å². The maximum atomic E-state index is 5.93. The molecule has 0 amide bonds. The van der Waals surface area contributed by atoms with E-state index in [1.165, 1.54) is 11.1 Å². The van der Waals surface area contributed by atoms with E-state index in [4.69, 9.17) is 22.1 Å². The van der Waals surface area contributed by atoms with Crippen molar-refractivity contribution in [3.8, 4) is 5.75 Å². The Morgan fingerprint density at radius 2 is 1.90 bits per heavy atom. The molecule has 0 spiro atoms. The van der Waals surface area contributed by atoms with Gasteiger partial charge in [0, 0.05) is 5.02 Å². The molecule has 2 rings (SSSR count). The van der Waals surface area contributed by atoms with Crippen molar-refractivity contribution in [1.82, 2.24) is 0 Å². The molecular formula is C18H22ClNO. The molecule has 2 N–H and O–H groups in total. The van der Waals surface area contributed by atoms with Crippen LogP contribution in [0.25, 0.3) is 0 Å². The first-order valence-corrected chi connectivity index (χ1v) is 7.72. The SMILES string of the molecule is Cc1ccc(C(CN)CCCOc2cccc(Cl)c2)cc1. The lowest BCUT2D eigenvalue weighted by atomic mass is 9.94. The third-order valence-electron chi connectivity index (χ3n) is 3.60. The molecule has 0 bridgehead atoms. The summed E-state index contributed by atoms with van der Waals surface area (Å²) in [5, 5.41) is 0.701. The third kappa shape index (κ3) is 5.07. The molecule has 0 fully saturated rings. The van der Waals surface area contributed by atoms with E-state index >= 15 is 0 Å². The normalized spacial score (nSPS) is 12.1. The molecule has 0 aliphatic carbocycles. The third-order valence-corrected chi connectivity index (χ3v) is 3.83. The zero-order chi connectivity index (χ0) is 15.1. The molecule has 3 heteroatoms. The fourth-order valence-corrected chi connectivity index (χ4v) is 2.52. The average Bonchev–Trinajstić information content (AvgIpc) is 2.49. The molecule has 2 aromatic rings. The van der Waals surface area contributed by atoms with Gasteiger partial charge in [0.05, 0.1) is 6.61 Å². The van der Waals surface area contributed by atoms with Crippen LogP contribution < -0.4 is 10.5 Å². The molecule has 2 aromatic carbocycles. The summed E-state index contributed by atoms with van der Waals surface area (Å²) in [6.45, 7) is 3.45. The van der Waals surface area contributed by atoms with Crippen molar-refractivity contribution in [3.63, 3.8) is 0 Å². The largest absolute Gasteiger partial charge is 0.494 e. The molecule has 0 saturated heterocycles. The minimum absolute atomic E-state index is 0.397. The Morgan fingerprint density at radius 1 is 1.14 bits per heavy atom. The molecule has 112 valence electrons. The molecule has 2 nitrogen and oxygen atoms in total. The van der Waals surface area contributed by atoms with Crippen LogP contribution in [0.1, 0.15) is 29.9 Å². The summed E-state index contributed by atoms with van der Waals surface area (Å²) in [4.78, 5) is 0. The second-order valence-electron chi connectivity index (χ2n) is 5.29. The maximum Gasteiger partial charge on any atom is 0.120 e. The lowest BCUT2D eigenvalue weighted by Gasteiger charge is -2.15. The Hall–Kier alpha value is -1.51. The Morgan fingerprint density at radius 3 is 2.57 bits per heavy atom. The Balaban J connectivity index is 1.79. The molecule has 0 saturated carbocycles. The van der Waals surface area contributed by atoms with E-state index in [-0.39, 0.29) is 0 Å². The number of hydrogen-bond donors (Lipinski definition) is 1. The summed E-state index contributed by atoms with van der Waals surface area (Å²) < 4.78 is 5.71. The van der Waals surface area contributed by atoms with Crippen LogP contribution in [0.2, 0.25) is 5.02 Å². The molecule has 0 aromatic heterocycles. The lowest BCUT2D eigenvalue weighted by Crippen LogP contribution is -2.13. The van der Waals surface area contributed by atoms with Gasteiger partial charge in [-0.25, -0.2) is 0 Å². The highest BCUT2D eigenvalue weighted by molar-refractivity contribution is 6.30. The molecule has 1 atom stereocenters. The second-order valence-corrected chi connectivity index (χ2v) is 5.73. The quantitative estimate of drug-likeness (QED) is 0.762. The first-order chi connectivity index (χ1) is 10.2. The van der Waals surface area contributed by atoms with Crippen molar-refractivity contribution < 1.29 is 4.74 Å². The van der Waals surface area contributed by atoms with E-state index in [0.29, 0.717) is 24.1 Å². The molecule has 0 aliphatic heterocycles. The van der Waals surface area contributed by atoms with E-state index in [9.17, 15) is 0 Å². The van der Waals surface area contributed by atoms with Gasteiger partial charge in [0.15, 0.2) is 0 Å². The van der Waals surface area contributed by atoms with Gasteiger partial charge in [-0.15, -0.1) is 0 Å². The summed E-state index contributed by atoms with van der Waals surface area (Å²) in [5.41, 5.74) is 8.49. The Bertz CT molecular complexity index is 553. The van der Waals surface area contributed by atoms with Crippen LogP contribution in [0, 0.1) is 6.92 Å². The van der Waals surface area contributed by atoms with Gasteiger partial charge >= 0.3 is 0 Å². The molecule has 21 heavy (non-hydrogen) atoms. The monoisotopic (exact) mass is 303 g/mol. The molecule has 0 aliphatic rings. The van der Waals surface area contributed by atoms with Gasteiger partial charge < -0.3 is 10.5 Å². The molecule has 0 heterocycles. The number of halogens is 1. The van der Waals surface area contributed by atoms with Crippen LogP contribution >= 0.6 is 11.6 Å². The zero-order valence-electron chi connectivity index (χ0n) is 12.4. The van der Waals surface area contributed by atoms with Gasteiger partial charge in [0.25, 0.3) is 0 Å². The zero-order valence-corrected chi connectivity index (χ0v) is 13.1. The standard InChI is InChI=1S/C18H22ClNO/c1-14-7-9-15(10-8-14)16(13-20)4-3-11-21-18-6-2-5-17(19)12-18/h2,5-10,12,16H,3-4,11,13,20H2,1H3. The Kier molecular flexibility index (Phi) is 6.09. The van der Waals surface area contributed by atoms with Crippen LogP contribution in [0.4, 0.5) is 0 Å². The Labute approximate surface area is 131 Å². The van der Waals surface area contributed by atoms with Crippen LogP contribution in [0.15, 0.2) is 48.5 Å². The van der Waals surface area contributed by atoms with Gasteiger partial charge in [-0.2, -0.15) is 0 Å². The predicted octanol–water partition coefficient (Wildman–Crippen LogP) is 4.55. The van der Waals surface area contributed by atoms with E-state index in [1.54, 1.807) is 0 Å². The number of hydrogen-bond acceptors (Lipinski definition) is 2. The second kappa shape index (κ2) is 8.06. The van der Waals surface area contributed by atoms with Gasteiger partial charge in [-0.05, 0) is 56.0 Å². The fraction of sp³-hybridized carbons (Fsp3) is 0.333. The summed E-state index contributed by atoms with van der Waals surface area (Å²) in [7, 11) is 0. The summed E-state index contributed by atoms with van der Waals surface area (Å²) >= 11 is 5.93. The van der Waals surface area contributed by atoms with Crippen LogP contribution in [-0.2, 0) is 0 Å². The van der Waals surface area contributed by atoms with Crippen molar-refractivity contribution in [1.29, 1.82) is 0 Å². The average molecular weight is 304 g/mol. The van der Waals surface area contributed by atoms with E-state index < -0.39 is 0 Å². The molecule has 0 radical (unpaired) electrons. The van der Waals surface area contributed by atoms with Crippen LogP contribution in [0.5, 0.6) is 5.75 Å². The van der Waals surface area contributed by atoms with Crippen LogP contribution in [-0.4, -0.2) is 13.2 Å². The minimum Gasteiger partial charge on any atom is -0.494 e. The highest BCUT2D eigenvalue weighted by atomic mass is 35.5. The van der Waals surface area contributed by atoms with Gasteiger partial charge in [-0.3, -0.25) is 0 Å². The van der Waals surface area contributed by atoms with Crippen molar-refractivity contribution in [3.05, 3.63) is 64.7 Å². The van der Waals surface area contributed by atoms with E-state index in [0.717, 1.165) is 18.6 Å². The number of nitrogens with two attached hydrogens (primary N) is 1. The molecular weight excluding hydrogens is 282 g/mol. The topological polar surface area (TPSA) is 35.2 Å². The number of ether oxygens (including phenoxy) is 1. The summed E-state index contributed by atoms with van der Waals surface area (Å²) in [6.07, 6.45) is 2.00. The highest BCUT2D eigenvalue weighted by Gasteiger charge is 2.09. The number of rotatable bonds is 7. The van der Waals surface area contributed by atoms with Crippen molar-refractivity contribution in [2.24, 2.45) is 5.73 Å². The summed E-state index contributed by atoms with van der Waals surface area (Å²) in [5.74, 6) is 1.22. The first kappa shape index (κ1) is 15.9. The van der Waals surface area contributed by atoms with Crippen molar-refractivity contribution in [2.45, 2.75) is 25.7 Å². The van der Waals surface area contributed by atoms with E-state index in [1.807, 2.05) is 24.3 Å². The highest BCUT2D eigenvalue weighted by Crippen LogP contribution is 2.22. The maximum absolute atomic E-state index is 5.93. The van der Waals surface area contributed by atoms with Crippen molar-refractivity contribution in [2.75, 3.05) is 13.2 Å². The minimum atomic E-state index is 0.397. The van der Waals surface area contributed by atoms with Gasteiger partial charge in [0.2, 0.25) is 0 Å². The summed E-state index contributed by atoms with van der Waals surface area (Å²) in [6, 6.07) is 16.1. The first-order valence-electron chi connectivity index (χ1n) is 7.34. The predicted molar refractivity (Wildman–Crippen MR) is 89.2 cm³/mol. The van der Waals surface area contributed by atoms with Crippen molar-refractivity contribution >= 4 is 11.6 Å². The fourth-order valence-electron chi connectivity index (χ4n) is 2.34. The van der Waals surface area contributed by atoms with Gasteiger partial charge in [-0.1, -0.05) is 47.5 Å². The van der Waals surface area contributed by atoms with Gasteiger partial charge in [0.1, 0.15) is 5.75 Å². The smallest absolute Gasteiger partial charge is 0.120 e. The molecule has 1 unspecified atom stereocenters.